The van der Waals surface area contributed by atoms with Gasteiger partial charge < -0.3 is 9.57 Å². The van der Waals surface area contributed by atoms with Gasteiger partial charge in [0.05, 0.1) is 19.0 Å². The van der Waals surface area contributed by atoms with Gasteiger partial charge in [0.2, 0.25) is 0 Å². The van der Waals surface area contributed by atoms with Gasteiger partial charge in [0.25, 0.3) is 0 Å². The van der Waals surface area contributed by atoms with Gasteiger partial charge in [-0.1, -0.05) is 23.4 Å². The first-order valence-electron chi connectivity index (χ1n) is 6.63. The van der Waals surface area contributed by atoms with Crippen molar-refractivity contribution in [2.45, 2.75) is 6.61 Å². The molecule has 112 valence electrons. The summed E-state index contributed by atoms with van der Waals surface area (Å²) in [6, 6.07) is 11.8. The molecule has 0 saturated carbocycles. The Morgan fingerprint density at radius 2 is 2.18 bits per heavy atom. The van der Waals surface area contributed by atoms with Crippen molar-refractivity contribution in [2.24, 2.45) is 5.16 Å². The Kier molecular flexibility index (Phi) is 4.82. The van der Waals surface area contributed by atoms with E-state index in [1.807, 2.05) is 47.2 Å². The SMILES string of the molecule is COc1cccc(-c2nc(CO/N=C/c3cccs3)cs2)c1. The number of hydrogen-bond acceptors (Lipinski definition) is 6. The summed E-state index contributed by atoms with van der Waals surface area (Å²) < 4.78 is 5.23. The van der Waals surface area contributed by atoms with Crippen LogP contribution in [0.3, 0.4) is 0 Å². The topological polar surface area (TPSA) is 43.7 Å². The van der Waals surface area contributed by atoms with Crippen LogP contribution in [0, 0.1) is 0 Å². The average molecular weight is 330 g/mol. The van der Waals surface area contributed by atoms with E-state index in [2.05, 4.69) is 10.1 Å². The quantitative estimate of drug-likeness (QED) is 0.496. The molecule has 0 N–H and O–H groups in total. The summed E-state index contributed by atoms with van der Waals surface area (Å²) in [4.78, 5) is 10.9. The molecule has 0 aliphatic rings. The molecule has 22 heavy (non-hydrogen) atoms. The molecule has 0 aliphatic carbocycles. The molecule has 0 radical (unpaired) electrons. The number of rotatable bonds is 6. The molecule has 0 fully saturated rings. The van der Waals surface area contributed by atoms with Crippen molar-refractivity contribution in [3.63, 3.8) is 0 Å². The first-order valence-corrected chi connectivity index (χ1v) is 8.39. The molecule has 0 bridgehead atoms. The van der Waals surface area contributed by atoms with Crippen molar-refractivity contribution in [3.05, 3.63) is 57.7 Å². The number of hydrogen-bond donors (Lipinski definition) is 0. The normalized spacial score (nSPS) is 11.0. The fourth-order valence-electron chi connectivity index (χ4n) is 1.82. The van der Waals surface area contributed by atoms with Crippen molar-refractivity contribution in [2.75, 3.05) is 7.11 Å². The van der Waals surface area contributed by atoms with E-state index in [9.17, 15) is 0 Å². The number of nitrogens with zero attached hydrogens (tertiary/aromatic N) is 2. The van der Waals surface area contributed by atoms with Gasteiger partial charge in [-0.25, -0.2) is 4.98 Å². The van der Waals surface area contributed by atoms with Gasteiger partial charge in [0.15, 0.2) is 6.61 Å². The molecular formula is C16H14N2O2S2. The highest BCUT2D eigenvalue weighted by molar-refractivity contribution is 7.13. The highest BCUT2D eigenvalue weighted by atomic mass is 32.1. The van der Waals surface area contributed by atoms with Crippen LogP contribution in [0.1, 0.15) is 10.6 Å². The zero-order valence-corrected chi connectivity index (χ0v) is 13.6. The van der Waals surface area contributed by atoms with Crippen molar-refractivity contribution >= 4 is 28.9 Å². The van der Waals surface area contributed by atoms with Crippen LogP contribution >= 0.6 is 22.7 Å². The smallest absolute Gasteiger partial charge is 0.159 e. The standard InChI is InChI=1S/C16H14N2O2S2/c1-19-14-5-2-4-12(8-14)16-18-13(11-22-16)10-20-17-9-15-6-3-7-21-15/h2-9,11H,10H2,1H3/b17-9+. The molecule has 6 heteroatoms. The molecule has 2 aromatic heterocycles. The van der Waals surface area contributed by atoms with E-state index in [0.717, 1.165) is 26.9 Å². The Labute approximate surface area is 136 Å². The predicted octanol–water partition coefficient (Wildman–Crippen LogP) is 4.43. The number of thiazole rings is 1. The lowest BCUT2D eigenvalue weighted by Gasteiger charge is -2.01. The third kappa shape index (κ3) is 3.72. The molecule has 4 nitrogen and oxygen atoms in total. The van der Waals surface area contributed by atoms with Crippen molar-refractivity contribution in [1.82, 2.24) is 4.98 Å². The summed E-state index contributed by atoms with van der Waals surface area (Å²) >= 11 is 3.20. The number of aromatic nitrogens is 1. The van der Waals surface area contributed by atoms with Crippen LogP contribution in [0.2, 0.25) is 0 Å². The van der Waals surface area contributed by atoms with E-state index in [-0.39, 0.29) is 0 Å². The van der Waals surface area contributed by atoms with Gasteiger partial charge in [0, 0.05) is 15.8 Å². The van der Waals surface area contributed by atoms with Crippen LogP contribution in [-0.4, -0.2) is 18.3 Å². The lowest BCUT2D eigenvalue weighted by Crippen LogP contribution is -1.88. The molecule has 0 saturated heterocycles. The van der Waals surface area contributed by atoms with Crippen LogP contribution in [0.15, 0.2) is 52.3 Å². The molecule has 0 amide bonds. The second-order valence-corrected chi connectivity index (χ2v) is 6.24. The second kappa shape index (κ2) is 7.20. The van der Waals surface area contributed by atoms with E-state index >= 15 is 0 Å². The Balaban J connectivity index is 1.61. The molecule has 0 atom stereocenters. The molecule has 3 rings (SSSR count). The zero-order valence-electron chi connectivity index (χ0n) is 11.9. The number of methoxy groups -OCH3 is 1. The van der Waals surface area contributed by atoms with E-state index in [1.54, 1.807) is 36.0 Å². The van der Waals surface area contributed by atoms with Gasteiger partial charge in [-0.15, -0.1) is 22.7 Å². The van der Waals surface area contributed by atoms with E-state index in [4.69, 9.17) is 9.57 Å². The summed E-state index contributed by atoms with van der Waals surface area (Å²) in [5.41, 5.74) is 1.91. The average Bonchev–Trinajstić information content (AvgIpc) is 3.23. The van der Waals surface area contributed by atoms with Gasteiger partial charge in [0.1, 0.15) is 10.8 Å². The Bertz CT molecular complexity index is 751. The van der Waals surface area contributed by atoms with E-state index in [1.165, 1.54) is 0 Å². The predicted molar refractivity (Wildman–Crippen MR) is 90.8 cm³/mol. The highest BCUT2D eigenvalue weighted by Gasteiger charge is 2.06. The summed E-state index contributed by atoms with van der Waals surface area (Å²) in [6.07, 6.45) is 1.71. The van der Waals surface area contributed by atoms with Crippen LogP contribution in [-0.2, 0) is 11.4 Å². The maximum atomic E-state index is 5.28. The fraction of sp³-hybridized carbons (Fsp3) is 0.125. The van der Waals surface area contributed by atoms with Crippen molar-refractivity contribution in [3.8, 4) is 16.3 Å². The van der Waals surface area contributed by atoms with Crippen LogP contribution in [0.25, 0.3) is 10.6 Å². The van der Waals surface area contributed by atoms with Crippen LogP contribution in [0.5, 0.6) is 5.75 Å². The van der Waals surface area contributed by atoms with Gasteiger partial charge in [-0.05, 0) is 23.6 Å². The van der Waals surface area contributed by atoms with Crippen LogP contribution < -0.4 is 4.74 Å². The highest BCUT2D eigenvalue weighted by Crippen LogP contribution is 2.27. The first-order chi connectivity index (χ1) is 10.8. The molecule has 3 aromatic rings. The van der Waals surface area contributed by atoms with Gasteiger partial charge in [-0.2, -0.15) is 0 Å². The Morgan fingerprint density at radius 3 is 3.00 bits per heavy atom. The summed E-state index contributed by atoms with van der Waals surface area (Å²) in [7, 11) is 1.66. The monoisotopic (exact) mass is 330 g/mol. The fourth-order valence-corrected chi connectivity index (χ4v) is 3.20. The Morgan fingerprint density at radius 1 is 1.23 bits per heavy atom. The maximum absolute atomic E-state index is 5.28. The van der Waals surface area contributed by atoms with Gasteiger partial charge in [-0.3, -0.25) is 0 Å². The minimum absolute atomic E-state index is 0.363. The van der Waals surface area contributed by atoms with E-state index in [0.29, 0.717) is 6.61 Å². The molecule has 0 aliphatic heterocycles. The third-order valence-electron chi connectivity index (χ3n) is 2.88. The van der Waals surface area contributed by atoms with Crippen LogP contribution in [0.4, 0.5) is 0 Å². The first kappa shape index (κ1) is 14.7. The number of oxime groups is 1. The summed E-state index contributed by atoms with van der Waals surface area (Å²) in [5.74, 6) is 0.825. The number of ether oxygens (including phenoxy) is 1. The minimum Gasteiger partial charge on any atom is -0.497 e. The lowest BCUT2D eigenvalue weighted by molar-refractivity contribution is 0.130. The summed E-state index contributed by atoms with van der Waals surface area (Å²) in [5, 5.41) is 8.88. The summed E-state index contributed by atoms with van der Waals surface area (Å²) in [6.45, 7) is 0.363. The van der Waals surface area contributed by atoms with Crippen molar-refractivity contribution in [1.29, 1.82) is 0 Å². The molecule has 2 heterocycles. The van der Waals surface area contributed by atoms with Gasteiger partial charge >= 0.3 is 0 Å². The molecular weight excluding hydrogens is 316 g/mol. The maximum Gasteiger partial charge on any atom is 0.159 e. The van der Waals surface area contributed by atoms with E-state index < -0.39 is 0 Å². The zero-order chi connectivity index (χ0) is 15.2. The van der Waals surface area contributed by atoms with Crippen molar-refractivity contribution < 1.29 is 9.57 Å². The molecule has 1 aromatic carbocycles. The number of benzene rings is 1. The number of thiophene rings is 1. The molecule has 0 unspecified atom stereocenters. The largest absolute Gasteiger partial charge is 0.497 e. The lowest BCUT2D eigenvalue weighted by atomic mass is 10.2. The second-order valence-electron chi connectivity index (χ2n) is 4.40. The minimum atomic E-state index is 0.363. The Hall–Kier alpha value is -2.18. The molecule has 0 spiro atoms. The third-order valence-corrected chi connectivity index (χ3v) is 4.63.